The van der Waals surface area contributed by atoms with Crippen LogP contribution in [-0.4, -0.2) is 23.3 Å². The minimum Gasteiger partial charge on any atom is -0.386 e. The summed E-state index contributed by atoms with van der Waals surface area (Å²) in [5.74, 6) is -5.14. The van der Waals surface area contributed by atoms with Crippen molar-refractivity contribution < 1.29 is 27.1 Å². The number of hydrogen-bond donors (Lipinski definition) is 1. The van der Waals surface area contributed by atoms with Gasteiger partial charge in [-0.05, 0) is 12.3 Å². The van der Waals surface area contributed by atoms with Gasteiger partial charge in [0.05, 0.1) is 0 Å². The van der Waals surface area contributed by atoms with E-state index < -0.39 is 24.6 Å². The van der Waals surface area contributed by atoms with Gasteiger partial charge in [0, 0.05) is 0 Å². The van der Waals surface area contributed by atoms with Crippen LogP contribution in [0.3, 0.4) is 0 Å². The largest absolute Gasteiger partial charge is 0.456 e. The van der Waals surface area contributed by atoms with Crippen LogP contribution in [0.5, 0.6) is 0 Å². The van der Waals surface area contributed by atoms with E-state index in [1.54, 1.807) is 0 Å². The van der Waals surface area contributed by atoms with Crippen LogP contribution in [0.1, 0.15) is 19.3 Å². The van der Waals surface area contributed by atoms with Crippen molar-refractivity contribution in [3.05, 3.63) is 0 Å². The third kappa shape index (κ3) is 2.30. The maximum atomic E-state index is 12.3. The highest BCUT2D eigenvalue weighted by Gasteiger charge is 2.62. The van der Waals surface area contributed by atoms with Crippen molar-refractivity contribution >= 4 is 0 Å². The van der Waals surface area contributed by atoms with E-state index >= 15 is 0 Å². The summed E-state index contributed by atoms with van der Waals surface area (Å²) in [5, 5.41) is 8.65. The Hall–Kier alpha value is -0.390. The molecule has 0 amide bonds. The number of alkyl halides is 5. The molecule has 1 nitrogen and oxygen atoms in total. The standard InChI is InChI=1S/C7H9F5O/c8-6(9,7(10,11)12)5(13)3-4-1-2-4/h4-5,13H,1-3H2. The fraction of sp³-hybridized carbons (Fsp3) is 1.00. The highest BCUT2D eigenvalue weighted by molar-refractivity contribution is 4.88. The van der Waals surface area contributed by atoms with E-state index in [-0.39, 0.29) is 5.92 Å². The number of rotatable bonds is 3. The molecule has 0 spiro atoms. The Morgan fingerprint density at radius 1 is 1.15 bits per heavy atom. The zero-order chi connectivity index (χ0) is 10.3. The second kappa shape index (κ2) is 3.08. The molecule has 0 bridgehead atoms. The van der Waals surface area contributed by atoms with Gasteiger partial charge >= 0.3 is 12.1 Å². The summed E-state index contributed by atoms with van der Waals surface area (Å²) in [4.78, 5) is 0. The molecule has 1 aliphatic carbocycles. The number of aliphatic hydroxyl groups is 1. The molecule has 1 unspecified atom stereocenters. The molecule has 6 heteroatoms. The third-order valence-corrected chi connectivity index (χ3v) is 2.05. The Bertz CT molecular complexity index is 184. The Balaban J connectivity index is 2.55. The number of hydrogen-bond acceptors (Lipinski definition) is 1. The monoisotopic (exact) mass is 204 g/mol. The average molecular weight is 204 g/mol. The second-order valence-corrected chi connectivity index (χ2v) is 3.32. The summed E-state index contributed by atoms with van der Waals surface area (Å²) in [5.41, 5.74) is 0. The van der Waals surface area contributed by atoms with Crippen LogP contribution in [0.4, 0.5) is 22.0 Å². The Morgan fingerprint density at radius 3 is 1.92 bits per heavy atom. The van der Waals surface area contributed by atoms with E-state index in [1.807, 2.05) is 0 Å². The van der Waals surface area contributed by atoms with Gasteiger partial charge in [-0.25, -0.2) is 0 Å². The highest BCUT2D eigenvalue weighted by atomic mass is 19.4. The molecule has 0 heterocycles. The molecule has 13 heavy (non-hydrogen) atoms. The number of halogens is 5. The molecule has 78 valence electrons. The average Bonchev–Trinajstić information content (AvgIpc) is 2.68. The van der Waals surface area contributed by atoms with Gasteiger partial charge < -0.3 is 5.11 Å². The van der Waals surface area contributed by atoms with E-state index in [4.69, 9.17) is 5.11 Å². The van der Waals surface area contributed by atoms with Crippen LogP contribution < -0.4 is 0 Å². The molecule has 0 aromatic heterocycles. The van der Waals surface area contributed by atoms with Crippen molar-refractivity contribution in [3.8, 4) is 0 Å². The van der Waals surface area contributed by atoms with Crippen LogP contribution in [0.15, 0.2) is 0 Å². The molecule has 1 N–H and O–H groups in total. The predicted molar refractivity (Wildman–Crippen MR) is 34.3 cm³/mol. The van der Waals surface area contributed by atoms with Crippen molar-refractivity contribution in [1.82, 2.24) is 0 Å². The quantitative estimate of drug-likeness (QED) is 0.699. The number of aliphatic hydroxyl groups excluding tert-OH is 1. The first-order valence-electron chi connectivity index (χ1n) is 3.87. The van der Waals surface area contributed by atoms with Gasteiger partial charge in [0.25, 0.3) is 0 Å². The SMILES string of the molecule is OC(CC1CC1)C(F)(F)C(F)(F)F. The molecular formula is C7H9F5O. The lowest BCUT2D eigenvalue weighted by Gasteiger charge is -2.24. The van der Waals surface area contributed by atoms with E-state index in [1.165, 1.54) is 0 Å². The van der Waals surface area contributed by atoms with Crippen molar-refractivity contribution in [2.45, 2.75) is 37.5 Å². The maximum absolute atomic E-state index is 12.3. The van der Waals surface area contributed by atoms with Crippen LogP contribution in [-0.2, 0) is 0 Å². The fourth-order valence-electron chi connectivity index (χ4n) is 1.01. The zero-order valence-corrected chi connectivity index (χ0v) is 6.61. The second-order valence-electron chi connectivity index (χ2n) is 3.32. The molecule has 0 aromatic rings. The topological polar surface area (TPSA) is 20.2 Å². The smallest absolute Gasteiger partial charge is 0.386 e. The molecule has 1 fully saturated rings. The molecule has 1 saturated carbocycles. The molecule has 0 aliphatic heterocycles. The van der Waals surface area contributed by atoms with Crippen LogP contribution in [0.25, 0.3) is 0 Å². The summed E-state index contributed by atoms with van der Waals surface area (Å²) in [7, 11) is 0. The highest BCUT2D eigenvalue weighted by Crippen LogP contribution is 2.43. The summed E-state index contributed by atoms with van der Waals surface area (Å²) >= 11 is 0. The van der Waals surface area contributed by atoms with Gasteiger partial charge in [0.2, 0.25) is 0 Å². The van der Waals surface area contributed by atoms with Crippen molar-refractivity contribution in [3.63, 3.8) is 0 Å². The molecule has 0 saturated heterocycles. The van der Waals surface area contributed by atoms with E-state index in [0.29, 0.717) is 12.8 Å². The first-order chi connectivity index (χ1) is 5.75. The van der Waals surface area contributed by atoms with E-state index in [9.17, 15) is 22.0 Å². The Kier molecular flexibility index (Phi) is 2.53. The van der Waals surface area contributed by atoms with Crippen LogP contribution in [0, 0.1) is 5.92 Å². The van der Waals surface area contributed by atoms with Gasteiger partial charge in [-0.3, -0.25) is 0 Å². The van der Waals surface area contributed by atoms with Crippen LogP contribution >= 0.6 is 0 Å². The molecule has 1 aliphatic rings. The van der Waals surface area contributed by atoms with Gasteiger partial charge in [-0.2, -0.15) is 22.0 Å². The lowest BCUT2D eigenvalue weighted by atomic mass is 10.1. The van der Waals surface area contributed by atoms with Crippen LogP contribution in [0.2, 0.25) is 0 Å². The van der Waals surface area contributed by atoms with Crippen molar-refractivity contribution in [2.24, 2.45) is 5.92 Å². The first kappa shape index (κ1) is 10.7. The summed E-state index contributed by atoms with van der Waals surface area (Å²) in [6, 6.07) is 0. The van der Waals surface area contributed by atoms with Crippen molar-refractivity contribution in [2.75, 3.05) is 0 Å². The molecule has 0 aromatic carbocycles. The Morgan fingerprint density at radius 2 is 1.62 bits per heavy atom. The Labute approximate surface area is 71.5 Å². The van der Waals surface area contributed by atoms with E-state index in [2.05, 4.69) is 0 Å². The lowest BCUT2D eigenvalue weighted by molar-refractivity contribution is -0.313. The summed E-state index contributed by atoms with van der Waals surface area (Å²) < 4.78 is 59.6. The van der Waals surface area contributed by atoms with Gasteiger partial charge in [0.15, 0.2) is 0 Å². The summed E-state index contributed by atoms with van der Waals surface area (Å²) in [6.07, 6.45) is -7.45. The zero-order valence-electron chi connectivity index (χ0n) is 6.61. The minimum absolute atomic E-state index is 0.164. The fourth-order valence-corrected chi connectivity index (χ4v) is 1.01. The molecule has 1 atom stereocenters. The minimum atomic E-state index is -5.65. The van der Waals surface area contributed by atoms with Gasteiger partial charge in [0.1, 0.15) is 6.10 Å². The molecular weight excluding hydrogens is 195 g/mol. The lowest BCUT2D eigenvalue weighted by Crippen LogP contribution is -2.47. The summed E-state index contributed by atoms with van der Waals surface area (Å²) in [6.45, 7) is 0. The third-order valence-electron chi connectivity index (χ3n) is 2.05. The van der Waals surface area contributed by atoms with Crippen molar-refractivity contribution in [1.29, 1.82) is 0 Å². The van der Waals surface area contributed by atoms with Gasteiger partial charge in [-0.1, -0.05) is 12.8 Å². The molecule has 0 radical (unpaired) electrons. The predicted octanol–water partition coefficient (Wildman–Crippen LogP) is 2.34. The first-order valence-corrected chi connectivity index (χ1v) is 3.87. The normalized spacial score (nSPS) is 21.7. The maximum Gasteiger partial charge on any atom is 0.456 e. The molecule has 1 rings (SSSR count). The van der Waals surface area contributed by atoms with E-state index in [0.717, 1.165) is 0 Å². The van der Waals surface area contributed by atoms with Gasteiger partial charge in [-0.15, -0.1) is 0 Å².